The molecule has 0 spiro atoms. The van der Waals surface area contributed by atoms with E-state index < -0.39 is 40.8 Å². The van der Waals surface area contributed by atoms with Crippen molar-refractivity contribution < 1.29 is 27.5 Å². The van der Waals surface area contributed by atoms with Gasteiger partial charge in [0, 0.05) is 29.7 Å². The van der Waals surface area contributed by atoms with Crippen molar-refractivity contribution in [3.8, 4) is 5.95 Å². The zero-order chi connectivity index (χ0) is 21.4. The molecular weight excluding hydrogens is 394 g/mol. The predicted octanol–water partition coefficient (Wildman–Crippen LogP) is 3.30. The van der Waals surface area contributed by atoms with Crippen LogP contribution >= 0.6 is 0 Å². The predicted molar refractivity (Wildman–Crippen MR) is 93.8 cm³/mol. The van der Waals surface area contributed by atoms with Crippen molar-refractivity contribution in [1.82, 2.24) is 19.5 Å². The van der Waals surface area contributed by atoms with Gasteiger partial charge < -0.3 is 10.4 Å². The van der Waals surface area contributed by atoms with Crippen LogP contribution in [0.4, 0.5) is 23.2 Å². The first-order valence-corrected chi connectivity index (χ1v) is 8.23. The van der Waals surface area contributed by atoms with Crippen molar-refractivity contribution in [2.45, 2.75) is 25.6 Å². The number of imidazole rings is 1. The van der Waals surface area contributed by atoms with E-state index in [1.165, 1.54) is 44.7 Å². The molecule has 152 valence electrons. The Bertz CT molecular complexity index is 1040. The molecule has 0 aliphatic carbocycles. The highest BCUT2D eigenvalue weighted by molar-refractivity contribution is 6.03. The minimum Gasteiger partial charge on any atom is -0.386 e. The van der Waals surface area contributed by atoms with Crippen LogP contribution in [0.25, 0.3) is 5.95 Å². The summed E-state index contributed by atoms with van der Waals surface area (Å²) in [4.78, 5) is 23.4. The van der Waals surface area contributed by atoms with Crippen LogP contribution in [0.3, 0.4) is 0 Å². The van der Waals surface area contributed by atoms with E-state index in [2.05, 4.69) is 20.3 Å². The van der Waals surface area contributed by atoms with Crippen molar-refractivity contribution in [2.75, 3.05) is 5.32 Å². The Hall–Kier alpha value is -3.34. The van der Waals surface area contributed by atoms with Crippen molar-refractivity contribution in [3.63, 3.8) is 0 Å². The first kappa shape index (κ1) is 20.4. The fourth-order valence-corrected chi connectivity index (χ4v) is 2.47. The van der Waals surface area contributed by atoms with E-state index in [1.54, 1.807) is 0 Å². The molecule has 0 atom stereocenters. The molecule has 0 aliphatic heterocycles. The van der Waals surface area contributed by atoms with Gasteiger partial charge in [-0.15, -0.1) is 0 Å². The van der Waals surface area contributed by atoms with Crippen LogP contribution in [-0.4, -0.2) is 30.5 Å². The summed E-state index contributed by atoms with van der Waals surface area (Å²) in [5, 5.41) is 12.2. The van der Waals surface area contributed by atoms with E-state index in [4.69, 9.17) is 0 Å². The average Bonchev–Trinajstić information content (AvgIpc) is 3.14. The van der Waals surface area contributed by atoms with Crippen molar-refractivity contribution in [3.05, 3.63) is 65.8 Å². The van der Waals surface area contributed by atoms with Gasteiger partial charge in [0.1, 0.15) is 17.8 Å². The molecule has 0 bridgehead atoms. The van der Waals surface area contributed by atoms with Crippen LogP contribution in [0.15, 0.2) is 43.0 Å². The number of alkyl halides is 3. The number of benzene rings is 1. The largest absolute Gasteiger partial charge is 0.433 e. The molecule has 0 unspecified atom stereocenters. The number of aliphatic hydroxyl groups is 1. The summed E-state index contributed by atoms with van der Waals surface area (Å²) < 4.78 is 54.8. The zero-order valence-corrected chi connectivity index (χ0v) is 15.2. The monoisotopic (exact) mass is 409 g/mol. The Kier molecular flexibility index (Phi) is 5.09. The molecule has 0 saturated carbocycles. The van der Waals surface area contributed by atoms with Crippen molar-refractivity contribution in [1.29, 1.82) is 0 Å². The number of amides is 1. The van der Waals surface area contributed by atoms with Gasteiger partial charge in [-0.25, -0.2) is 19.3 Å². The smallest absolute Gasteiger partial charge is 0.386 e. The van der Waals surface area contributed by atoms with Gasteiger partial charge in [-0.05, 0) is 26.0 Å². The number of nitrogens with zero attached hydrogens (tertiary/aromatic N) is 4. The highest BCUT2D eigenvalue weighted by atomic mass is 19.4. The molecule has 1 amide bonds. The highest BCUT2D eigenvalue weighted by Crippen LogP contribution is 2.29. The maximum atomic E-state index is 14.2. The summed E-state index contributed by atoms with van der Waals surface area (Å²) in [6.45, 7) is 2.78. The van der Waals surface area contributed by atoms with E-state index in [0.29, 0.717) is 6.07 Å². The molecule has 1 aromatic carbocycles. The molecule has 0 fully saturated rings. The van der Waals surface area contributed by atoms with Gasteiger partial charge in [-0.1, -0.05) is 6.07 Å². The van der Waals surface area contributed by atoms with E-state index in [9.17, 15) is 27.5 Å². The number of rotatable bonds is 4. The standard InChI is InChI=1S/C18H15F4N5O2/c1-17(2,29)11-4-3-10(7-12(11)19)24-15(28)13-8-14(18(20,21)22)26-16(25-13)27-6-5-23-9-27/h3-9,29H,1-2H3,(H,24,28). The lowest BCUT2D eigenvalue weighted by atomic mass is 9.97. The summed E-state index contributed by atoms with van der Waals surface area (Å²) in [7, 11) is 0. The van der Waals surface area contributed by atoms with E-state index >= 15 is 0 Å². The minimum atomic E-state index is -4.81. The number of halogens is 4. The lowest BCUT2D eigenvalue weighted by Crippen LogP contribution is -2.20. The van der Waals surface area contributed by atoms with Crippen molar-refractivity contribution >= 4 is 11.6 Å². The topological polar surface area (TPSA) is 92.9 Å². The fourth-order valence-electron chi connectivity index (χ4n) is 2.47. The molecule has 2 N–H and O–H groups in total. The van der Waals surface area contributed by atoms with Gasteiger partial charge in [0.2, 0.25) is 5.95 Å². The normalized spacial score (nSPS) is 12.1. The van der Waals surface area contributed by atoms with Gasteiger partial charge >= 0.3 is 6.18 Å². The summed E-state index contributed by atoms with van der Waals surface area (Å²) in [5.74, 6) is -2.17. The van der Waals surface area contributed by atoms with E-state index in [1.807, 2.05) is 0 Å². The number of hydrogen-bond acceptors (Lipinski definition) is 5. The molecule has 0 radical (unpaired) electrons. The Morgan fingerprint density at radius 2 is 1.90 bits per heavy atom. The number of nitrogens with one attached hydrogen (secondary N) is 1. The van der Waals surface area contributed by atoms with Crippen LogP contribution in [0, 0.1) is 5.82 Å². The highest BCUT2D eigenvalue weighted by Gasteiger charge is 2.34. The Balaban J connectivity index is 1.95. The lowest BCUT2D eigenvalue weighted by molar-refractivity contribution is -0.141. The fraction of sp³-hybridized carbons (Fsp3) is 0.222. The second kappa shape index (κ2) is 7.24. The van der Waals surface area contributed by atoms with Crippen LogP contribution in [0.1, 0.15) is 35.6 Å². The maximum Gasteiger partial charge on any atom is 0.433 e. The minimum absolute atomic E-state index is 0.000660. The molecule has 29 heavy (non-hydrogen) atoms. The Morgan fingerprint density at radius 1 is 1.17 bits per heavy atom. The number of carbonyl (C=O) groups is 1. The summed E-state index contributed by atoms with van der Waals surface area (Å²) >= 11 is 0. The Morgan fingerprint density at radius 3 is 2.45 bits per heavy atom. The van der Waals surface area contributed by atoms with Crippen molar-refractivity contribution in [2.24, 2.45) is 0 Å². The molecular formula is C18H15F4N5O2. The third kappa shape index (κ3) is 4.57. The molecule has 2 aromatic heterocycles. The summed E-state index contributed by atoms with van der Waals surface area (Å²) in [6, 6.07) is 4.03. The number of hydrogen-bond donors (Lipinski definition) is 2. The van der Waals surface area contributed by atoms with Crippen LogP contribution in [0.5, 0.6) is 0 Å². The molecule has 3 rings (SSSR count). The molecule has 7 nitrogen and oxygen atoms in total. The third-order valence-electron chi connectivity index (χ3n) is 3.86. The number of anilines is 1. The first-order valence-electron chi connectivity index (χ1n) is 8.23. The van der Waals surface area contributed by atoms with Crippen LogP contribution in [0.2, 0.25) is 0 Å². The van der Waals surface area contributed by atoms with Gasteiger partial charge in [0.05, 0.1) is 5.60 Å². The van der Waals surface area contributed by atoms with Gasteiger partial charge in [0.15, 0.2) is 5.69 Å². The van der Waals surface area contributed by atoms with Crippen LogP contribution in [-0.2, 0) is 11.8 Å². The molecule has 0 aliphatic rings. The third-order valence-corrected chi connectivity index (χ3v) is 3.86. The lowest BCUT2D eigenvalue weighted by Gasteiger charge is -2.19. The molecule has 11 heteroatoms. The number of aromatic nitrogens is 4. The summed E-state index contributed by atoms with van der Waals surface area (Å²) in [6.07, 6.45) is -0.992. The number of carbonyl (C=O) groups excluding carboxylic acids is 1. The van der Waals surface area contributed by atoms with Gasteiger partial charge in [-0.3, -0.25) is 9.36 Å². The zero-order valence-electron chi connectivity index (χ0n) is 15.2. The average molecular weight is 409 g/mol. The quantitative estimate of drug-likeness (QED) is 0.645. The summed E-state index contributed by atoms with van der Waals surface area (Å²) in [5.41, 5.74) is -3.34. The molecule has 0 saturated heterocycles. The second-order valence-corrected chi connectivity index (χ2v) is 6.61. The second-order valence-electron chi connectivity index (χ2n) is 6.61. The van der Waals surface area contributed by atoms with E-state index in [-0.39, 0.29) is 11.3 Å². The molecule has 3 aromatic rings. The maximum absolute atomic E-state index is 14.2. The van der Waals surface area contributed by atoms with E-state index in [0.717, 1.165) is 10.6 Å². The molecule has 2 heterocycles. The first-order chi connectivity index (χ1) is 13.4. The Labute approximate surface area is 162 Å². The van der Waals surface area contributed by atoms with Gasteiger partial charge in [0.25, 0.3) is 5.91 Å². The van der Waals surface area contributed by atoms with Crippen LogP contribution < -0.4 is 5.32 Å². The SMILES string of the molecule is CC(C)(O)c1ccc(NC(=O)c2cc(C(F)(F)F)nc(-n3ccnc3)n2)cc1F. The van der Waals surface area contributed by atoms with Gasteiger partial charge in [-0.2, -0.15) is 13.2 Å².